The van der Waals surface area contributed by atoms with Crippen LogP contribution in [0.4, 0.5) is 0 Å². The molecule has 486 valence electrons. The molecule has 0 radical (unpaired) electrons. The highest BCUT2D eigenvalue weighted by Gasteiger charge is 2.40. The molecular formula is C61H80N18O12. The Labute approximate surface area is 522 Å². The molecular weight excluding hydrogens is 1180 g/mol. The Morgan fingerprint density at radius 1 is 0.615 bits per heavy atom. The Morgan fingerprint density at radius 3 is 1.60 bits per heavy atom. The van der Waals surface area contributed by atoms with Crippen LogP contribution in [0.15, 0.2) is 86.0 Å². The summed E-state index contributed by atoms with van der Waals surface area (Å²) in [5.41, 5.74) is 14.6. The van der Waals surface area contributed by atoms with Gasteiger partial charge in [-0.15, -0.1) is 0 Å². The number of nitrogens with one attached hydrogen (secondary N) is 13. The summed E-state index contributed by atoms with van der Waals surface area (Å²) in [5, 5.41) is 36.3. The van der Waals surface area contributed by atoms with Crippen LogP contribution in [0.25, 0.3) is 21.8 Å². The standard InChI is InChI=1S/C61H80N18O12/c1-33(2)20-44(54(84)74-45(21-34-25-66-40-12-5-3-10-38(34)40)55(85)72-43(14-7-8-18-62)61(91)79-19-9-15-50(79)60(90)68-29-51(63)81)73-57(87)48(24-37-28-65-32-70-37)77-59(89)49(30-80)78-56(86)46(22-35-26-67-41-13-6-4-11-39(35)41)75-58(88)47(23-36-27-64-31-69-36)76-53(83)42-16-17-52(82)71-42/h3-6,10-13,25-28,31-33,42-50,66-67,80H,7-9,14-24,29-30,62H2,1-2H3,(H2,63,81)(H,64,69)(H,65,70)(H,68,90)(H,71,82)(H,72,85)(H,73,87)(H,74,84)(H,75,88)(H,76,83)(H,77,89)(H,78,86)/t42-,43-,44+,45-,46-,47-,48-,49-,50-/m0/s1. The predicted octanol–water partition coefficient (Wildman–Crippen LogP) is -2.20. The molecule has 4 aromatic heterocycles. The first-order chi connectivity index (χ1) is 43.8. The maximum absolute atomic E-state index is 14.9. The first kappa shape index (κ1) is 67.0. The van der Waals surface area contributed by atoms with E-state index in [1.54, 1.807) is 44.4 Å². The van der Waals surface area contributed by atoms with Gasteiger partial charge in [-0.05, 0) is 80.7 Å². The average Bonchev–Trinajstić information content (AvgIpc) is 2.65. The van der Waals surface area contributed by atoms with E-state index in [0.717, 1.165) is 16.4 Å². The Hall–Kier alpha value is -9.97. The zero-order valence-corrected chi connectivity index (χ0v) is 50.6. The van der Waals surface area contributed by atoms with Crippen LogP contribution in [0, 0.1) is 5.92 Å². The maximum Gasteiger partial charge on any atom is 0.245 e. The number of nitrogens with two attached hydrogens (primary N) is 2. The van der Waals surface area contributed by atoms with Crippen molar-refractivity contribution < 1.29 is 57.8 Å². The molecule has 2 saturated heterocycles. The molecule has 0 aliphatic carbocycles. The van der Waals surface area contributed by atoms with Gasteiger partial charge < -0.3 is 89.3 Å². The van der Waals surface area contributed by atoms with E-state index < -0.39 is 127 Å². The van der Waals surface area contributed by atoms with Gasteiger partial charge >= 0.3 is 0 Å². The number of fused-ring (bicyclic) bond motifs is 2. The number of carbonyl (C=O) groups is 11. The fraction of sp³-hybridized carbons (Fsp3) is 0.459. The number of aliphatic hydroxyl groups is 1. The second-order valence-corrected chi connectivity index (χ2v) is 23.2. The Kier molecular flexibility index (Phi) is 23.5. The van der Waals surface area contributed by atoms with Gasteiger partial charge in [0.2, 0.25) is 65.0 Å². The molecule has 8 rings (SSSR count). The Morgan fingerprint density at radius 2 is 1.11 bits per heavy atom. The van der Waals surface area contributed by atoms with Crippen LogP contribution >= 0.6 is 0 Å². The molecule has 18 N–H and O–H groups in total. The van der Waals surface area contributed by atoms with E-state index in [0.29, 0.717) is 60.1 Å². The number of para-hydroxylation sites is 2. The highest BCUT2D eigenvalue weighted by atomic mass is 16.3. The summed E-state index contributed by atoms with van der Waals surface area (Å²) >= 11 is 0. The zero-order chi connectivity index (χ0) is 65.1. The number of hydrogen-bond acceptors (Lipinski definition) is 15. The third-order valence-corrected chi connectivity index (χ3v) is 16.0. The lowest BCUT2D eigenvalue weighted by Gasteiger charge is -2.30. The number of aliphatic hydroxyl groups excluding tert-OH is 1. The van der Waals surface area contributed by atoms with Gasteiger partial charge in [0.05, 0.1) is 25.8 Å². The zero-order valence-electron chi connectivity index (χ0n) is 50.6. The molecule has 0 spiro atoms. The molecule has 0 unspecified atom stereocenters. The van der Waals surface area contributed by atoms with Gasteiger partial charge in [0.1, 0.15) is 54.4 Å². The first-order valence-corrected chi connectivity index (χ1v) is 30.4. The summed E-state index contributed by atoms with van der Waals surface area (Å²) in [6.45, 7) is 2.66. The first-order valence-electron chi connectivity index (χ1n) is 30.4. The number of H-pyrrole nitrogens is 4. The topological polar surface area (TPSA) is 460 Å². The largest absolute Gasteiger partial charge is 0.394 e. The molecule has 2 aliphatic rings. The van der Waals surface area contributed by atoms with E-state index in [1.807, 2.05) is 30.3 Å². The summed E-state index contributed by atoms with van der Waals surface area (Å²) in [6, 6.07) is 2.72. The van der Waals surface area contributed by atoms with Gasteiger partial charge in [0.15, 0.2) is 0 Å². The van der Waals surface area contributed by atoms with Crippen molar-refractivity contribution in [2.75, 3.05) is 26.2 Å². The molecule has 0 saturated carbocycles. The normalized spacial score (nSPS) is 17.0. The fourth-order valence-electron chi connectivity index (χ4n) is 11.3. The number of amides is 11. The number of hydrogen-bond donors (Lipinski definition) is 16. The number of imidazole rings is 2. The van der Waals surface area contributed by atoms with Crippen molar-refractivity contribution in [3.05, 3.63) is 108 Å². The number of rotatable bonds is 33. The highest BCUT2D eigenvalue weighted by Crippen LogP contribution is 2.24. The third kappa shape index (κ3) is 18.3. The minimum atomic E-state index is -1.75. The Bertz CT molecular complexity index is 3530. The number of primary amides is 1. The number of likely N-dealkylation sites (tertiary alicyclic amines) is 1. The highest BCUT2D eigenvalue weighted by molar-refractivity contribution is 6.00. The second-order valence-electron chi connectivity index (χ2n) is 23.2. The molecule has 11 amide bonds. The molecule has 30 heteroatoms. The summed E-state index contributed by atoms with van der Waals surface area (Å²) < 4.78 is 0. The number of aromatic amines is 4. The number of nitrogens with zero attached hydrogens (tertiary/aromatic N) is 3. The van der Waals surface area contributed by atoms with Crippen molar-refractivity contribution in [3.8, 4) is 0 Å². The molecule has 91 heavy (non-hydrogen) atoms. The molecule has 6 aromatic rings. The molecule has 2 aliphatic heterocycles. The lowest BCUT2D eigenvalue weighted by molar-refractivity contribution is -0.142. The van der Waals surface area contributed by atoms with Gasteiger partial charge in [0.25, 0.3) is 0 Å². The van der Waals surface area contributed by atoms with E-state index in [2.05, 4.69) is 77.8 Å². The molecule has 9 atom stereocenters. The fourth-order valence-corrected chi connectivity index (χ4v) is 11.3. The van der Waals surface area contributed by atoms with Crippen molar-refractivity contribution >= 4 is 86.8 Å². The van der Waals surface area contributed by atoms with Crippen LogP contribution in [0.2, 0.25) is 0 Å². The van der Waals surface area contributed by atoms with E-state index in [4.69, 9.17) is 11.5 Å². The third-order valence-electron chi connectivity index (χ3n) is 16.0. The average molecular weight is 1260 g/mol. The summed E-state index contributed by atoms with van der Waals surface area (Å²) in [6.07, 6.45) is 10.5. The smallest absolute Gasteiger partial charge is 0.245 e. The Balaban J connectivity index is 1.01. The molecule has 6 heterocycles. The maximum atomic E-state index is 14.9. The van der Waals surface area contributed by atoms with Gasteiger partial charge in [-0.2, -0.15) is 0 Å². The van der Waals surface area contributed by atoms with E-state index in [9.17, 15) is 57.8 Å². The van der Waals surface area contributed by atoms with Crippen LogP contribution in [0.5, 0.6) is 0 Å². The van der Waals surface area contributed by atoms with Crippen molar-refractivity contribution in [1.82, 2.24) is 82.7 Å². The van der Waals surface area contributed by atoms with Gasteiger partial charge in [0, 0.05) is 96.6 Å². The van der Waals surface area contributed by atoms with Crippen molar-refractivity contribution in [2.45, 2.75) is 145 Å². The molecule has 2 aromatic carbocycles. The van der Waals surface area contributed by atoms with Crippen LogP contribution < -0.4 is 59.3 Å². The lowest BCUT2D eigenvalue weighted by Crippen LogP contribution is -2.61. The van der Waals surface area contributed by atoms with Crippen molar-refractivity contribution in [1.29, 1.82) is 0 Å². The van der Waals surface area contributed by atoms with Crippen LogP contribution in [-0.2, 0) is 78.4 Å². The number of unbranched alkanes of at least 4 members (excludes halogenated alkanes) is 1. The summed E-state index contributed by atoms with van der Waals surface area (Å²) in [7, 11) is 0. The minimum absolute atomic E-state index is 0.0144. The monoisotopic (exact) mass is 1260 g/mol. The predicted molar refractivity (Wildman–Crippen MR) is 330 cm³/mol. The van der Waals surface area contributed by atoms with E-state index >= 15 is 0 Å². The van der Waals surface area contributed by atoms with Crippen LogP contribution in [0.3, 0.4) is 0 Å². The molecule has 0 bridgehead atoms. The molecule has 2 fully saturated rings. The number of aromatic nitrogens is 6. The van der Waals surface area contributed by atoms with Crippen LogP contribution in [-0.4, -0.2) is 186 Å². The SMILES string of the molecule is CC(C)C[C@@H](NC(=O)[C@H](Cc1cnc[nH]1)NC(=O)[C@H](CO)NC(=O)[C@H](Cc1c[nH]c2ccccc12)NC(=O)[C@H](Cc1cnc[nH]1)NC(=O)[C@@H]1CCC(=O)N1)C(=O)N[C@@H](Cc1c[nH]c2ccccc12)C(=O)N[C@@H](CCCCN)C(=O)N1CCC[C@H]1C(=O)NCC(N)=O. The lowest BCUT2D eigenvalue weighted by atomic mass is 9.99. The van der Waals surface area contributed by atoms with E-state index in [-0.39, 0.29) is 69.7 Å². The number of benzene rings is 2. The summed E-state index contributed by atoms with van der Waals surface area (Å²) in [4.78, 5) is 174. The quantitative estimate of drug-likeness (QED) is 0.0195. The number of carbonyl (C=O) groups excluding carboxylic acids is 11. The molecule has 30 nitrogen and oxygen atoms in total. The van der Waals surface area contributed by atoms with Gasteiger partial charge in [-0.3, -0.25) is 52.7 Å². The van der Waals surface area contributed by atoms with E-state index in [1.165, 1.54) is 29.9 Å². The van der Waals surface area contributed by atoms with Gasteiger partial charge in [-0.1, -0.05) is 50.2 Å². The van der Waals surface area contributed by atoms with Crippen molar-refractivity contribution in [3.63, 3.8) is 0 Å². The second kappa shape index (κ2) is 32.0. The van der Waals surface area contributed by atoms with Gasteiger partial charge in [-0.25, -0.2) is 9.97 Å². The van der Waals surface area contributed by atoms with Crippen LogP contribution in [0.1, 0.15) is 87.7 Å². The minimum Gasteiger partial charge on any atom is -0.394 e. The van der Waals surface area contributed by atoms with Crippen molar-refractivity contribution in [2.24, 2.45) is 17.4 Å². The summed E-state index contributed by atoms with van der Waals surface area (Å²) in [5.74, 6) is -8.35.